The zero-order chi connectivity index (χ0) is 16.4. The minimum Gasteiger partial charge on any atom is -0.485 e. The van der Waals surface area contributed by atoms with Crippen LogP contribution in [0.15, 0.2) is 54.6 Å². The third-order valence-corrected chi connectivity index (χ3v) is 4.36. The normalized spacial score (nSPS) is 15.8. The van der Waals surface area contributed by atoms with Crippen molar-refractivity contribution in [1.82, 2.24) is 10.2 Å². The number of carbonyl (C=O) groups is 1. The molecule has 1 amide bonds. The summed E-state index contributed by atoms with van der Waals surface area (Å²) in [6.45, 7) is 0.160. The Hall–Kier alpha value is -2.93. The SMILES string of the molecule is O=C(Nc1nnc(-c2ccccc2)s1)[C@@H]1COc2ccccc2O1. The van der Waals surface area contributed by atoms with Crippen LogP contribution in [0.4, 0.5) is 5.13 Å². The third kappa shape index (κ3) is 2.93. The van der Waals surface area contributed by atoms with E-state index in [-0.39, 0.29) is 12.5 Å². The van der Waals surface area contributed by atoms with Gasteiger partial charge in [-0.15, -0.1) is 10.2 Å². The largest absolute Gasteiger partial charge is 0.485 e. The summed E-state index contributed by atoms with van der Waals surface area (Å²) in [6, 6.07) is 17.0. The molecule has 4 rings (SSSR count). The van der Waals surface area contributed by atoms with Crippen molar-refractivity contribution in [2.75, 3.05) is 11.9 Å². The molecule has 3 aromatic rings. The number of rotatable bonds is 3. The summed E-state index contributed by atoms with van der Waals surface area (Å²) in [5, 5.41) is 12.0. The van der Waals surface area contributed by atoms with Crippen LogP contribution < -0.4 is 14.8 Å². The molecule has 6 nitrogen and oxygen atoms in total. The molecule has 2 aromatic carbocycles. The minimum atomic E-state index is -0.719. The Labute approximate surface area is 142 Å². The maximum Gasteiger partial charge on any atom is 0.270 e. The molecular formula is C17H13N3O3S. The summed E-state index contributed by atoms with van der Waals surface area (Å²) in [7, 11) is 0. The van der Waals surface area contributed by atoms with Crippen LogP contribution in [0.5, 0.6) is 11.5 Å². The fourth-order valence-corrected chi connectivity index (χ4v) is 3.06. The standard InChI is InChI=1S/C17H13N3O3S/c21-15(14-10-22-12-8-4-5-9-13(12)23-14)18-17-20-19-16(24-17)11-6-2-1-3-7-11/h1-9,14H,10H2,(H,18,20,21)/t14-/m0/s1. The molecule has 1 N–H and O–H groups in total. The van der Waals surface area contributed by atoms with Crippen LogP contribution in [0.25, 0.3) is 10.6 Å². The van der Waals surface area contributed by atoms with Crippen LogP contribution in [-0.4, -0.2) is 28.8 Å². The van der Waals surface area contributed by atoms with Gasteiger partial charge < -0.3 is 9.47 Å². The number of nitrogens with zero attached hydrogens (tertiary/aromatic N) is 2. The molecule has 0 fully saturated rings. The topological polar surface area (TPSA) is 73.3 Å². The molecule has 0 spiro atoms. The van der Waals surface area contributed by atoms with Crippen LogP contribution in [0.2, 0.25) is 0 Å². The second kappa shape index (κ2) is 6.29. The van der Waals surface area contributed by atoms with E-state index in [0.29, 0.717) is 16.6 Å². The van der Waals surface area contributed by atoms with Crippen molar-refractivity contribution < 1.29 is 14.3 Å². The van der Waals surface area contributed by atoms with Gasteiger partial charge in [0.1, 0.15) is 11.6 Å². The fourth-order valence-electron chi connectivity index (χ4n) is 2.31. The van der Waals surface area contributed by atoms with E-state index in [4.69, 9.17) is 9.47 Å². The number of amides is 1. The van der Waals surface area contributed by atoms with Crippen LogP contribution in [0.1, 0.15) is 0 Å². The van der Waals surface area contributed by atoms with Crippen molar-refractivity contribution >= 4 is 22.4 Å². The number of para-hydroxylation sites is 2. The van der Waals surface area contributed by atoms with Crippen LogP contribution in [0, 0.1) is 0 Å². The Balaban J connectivity index is 1.45. The Bertz CT molecular complexity index is 866. The highest BCUT2D eigenvalue weighted by atomic mass is 32.1. The second-order valence-corrected chi connectivity index (χ2v) is 6.11. The maximum atomic E-state index is 12.3. The first kappa shape index (κ1) is 14.6. The molecule has 0 radical (unpaired) electrons. The van der Waals surface area contributed by atoms with Crippen LogP contribution in [-0.2, 0) is 4.79 Å². The van der Waals surface area contributed by atoms with Crippen molar-refractivity contribution in [3.8, 4) is 22.1 Å². The molecule has 7 heteroatoms. The van der Waals surface area contributed by atoms with E-state index >= 15 is 0 Å². The molecule has 1 aliphatic heterocycles. The number of nitrogens with one attached hydrogen (secondary N) is 1. The number of ether oxygens (including phenoxy) is 2. The fraction of sp³-hybridized carbons (Fsp3) is 0.118. The van der Waals surface area contributed by atoms with Gasteiger partial charge in [0.25, 0.3) is 5.91 Å². The van der Waals surface area contributed by atoms with E-state index in [1.165, 1.54) is 11.3 Å². The molecule has 0 unspecified atom stereocenters. The molecule has 1 aromatic heterocycles. The molecule has 0 saturated carbocycles. The summed E-state index contributed by atoms with van der Waals surface area (Å²) < 4.78 is 11.2. The Morgan fingerprint density at radius 1 is 1.04 bits per heavy atom. The third-order valence-electron chi connectivity index (χ3n) is 3.48. The number of anilines is 1. The zero-order valence-electron chi connectivity index (χ0n) is 12.5. The first-order chi connectivity index (χ1) is 11.8. The van der Waals surface area contributed by atoms with Crippen molar-refractivity contribution in [1.29, 1.82) is 0 Å². The van der Waals surface area contributed by atoms with Gasteiger partial charge in [-0.2, -0.15) is 0 Å². The number of fused-ring (bicyclic) bond motifs is 1. The Morgan fingerprint density at radius 3 is 2.62 bits per heavy atom. The van der Waals surface area contributed by atoms with Gasteiger partial charge in [-0.05, 0) is 12.1 Å². The predicted molar refractivity (Wildman–Crippen MR) is 90.3 cm³/mol. The average Bonchev–Trinajstić information content (AvgIpc) is 3.10. The van der Waals surface area contributed by atoms with Crippen molar-refractivity contribution in [3.63, 3.8) is 0 Å². The molecule has 0 aliphatic carbocycles. The number of hydrogen-bond acceptors (Lipinski definition) is 6. The monoisotopic (exact) mass is 339 g/mol. The summed E-state index contributed by atoms with van der Waals surface area (Å²) in [5.74, 6) is 0.898. The van der Waals surface area contributed by atoms with E-state index in [9.17, 15) is 4.79 Å². The lowest BCUT2D eigenvalue weighted by atomic mass is 10.2. The van der Waals surface area contributed by atoms with E-state index < -0.39 is 6.10 Å². The average molecular weight is 339 g/mol. The van der Waals surface area contributed by atoms with Gasteiger partial charge >= 0.3 is 0 Å². The van der Waals surface area contributed by atoms with E-state index in [1.807, 2.05) is 42.5 Å². The van der Waals surface area contributed by atoms with Gasteiger partial charge in [0.15, 0.2) is 11.5 Å². The second-order valence-electron chi connectivity index (χ2n) is 5.13. The molecule has 0 bridgehead atoms. The molecule has 1 aliphatic rings. The van der Waals surface area contributed by atoms with Crippen molar-refractivity contribution in [3.05, 3.63) is 54.6 Å². The van der Waals surface area contributed by atoms with Gasteiger partial charge in [0.05, 0.1) is 0 Å². The van der Waals surface area contributed by atoms with Gasteiger partial charge in [-0.1, -0.05) is 53.8 Å². The predicted octanol–water partition coefficient (Wildman–Crippen LogP) is 2.98. The molecule has 24 heavy (non-hydrogen) atoms. The lowest BCUT2D eigenvalue weighted by Gasteiger charge is -2.25. The molecule has 1 atom stereocenters. The molecule has 0 saturated heterocycles. The van der Waals surface area contributed by atoms with Crippen molar-refractivity contribution in [2.45, 2.75) is 6.10 Å². The number of benzene rings is 2. The lowest BCUT2D eigenvalue weighted by molar-refractivity contribution is -0.125. The maximum absolute atomic E-state index is 12.3. The summed E-state index contributed by atoms with van der Waals surface area (Å²) in [5.41, 5.74) is 0.960. The smallest absolute Gasteiger partial charge is 0.270 e. The van der Waals surface area contributed by atoms with Crippen molar-refractivity contribution in [2.24, 2.45) is 0 Å². The quantitative estimate of drug-likeness (QED) is 0.794. The van der Waals surface area contributed by atoms with E-state index in [2.05, 4.69) is 15.5 Å². The molecule has 2 heterocycles. The first-order valence-electron chi connectivity index (χ1n) is 7.38. The number of carbonyl (C=O) groups excluding carboxylic acids is 1. The summed E-state index contributed by atoms with van der Waals surface area (Å²) in [4.78, 5) is 12.3. The molecular weight excluding hydrogens is 326 g/mol. The highest BCUT2D eigenvalue weighted by molar-refractivity contribution is 7.18. The molecule has 120 valence electrons. The first-order valence-corrected chi connectivity index (χ1v) is 8.19. The summed E-state index contributed by atoms with van der Waals surface area (Å²) in [6.07, 6.45) is -0.719. The number of hydrogen-bond donors (Lipinski definition) is 1. The highest BCUT2D eigenvalue weighted by Gasteiger charge is 2.28. The summed E-state index contributed by atoms with van der Waals surface area (Å²) >= 11 is 1.31. The number of aromatic nitrogens is 2. The lowest BCUT2D eigenvalue weighted by Crippen LogP contribution is -2.40. The van der Waals surface area contributed by atoms with Gasteiger partial charge in [-0.3, -0.25) is 10.1 Å². The minimum absolute atomic E-state index is 0.160. The highest BCUT2D eigenvalue weighted by Crippen LogP contribution is 2.31. The Morgan fingerprint density at radius 2 is 1.79 bits per heavy atom. The van der Waals surface area contributed by atoms with E-state index in [0.717, 1.165) is 10.6 Å². The van der Waals surface area contributed by atoms with Gasteiger partial charge in [-0.25, -0.2) is 0 Å². The van der Waals surface area contributed by atoms with Crippen LogP contribution >= 0.6 is 11.3 Å². The Kier molecular flexibility index (Phi) is 3.84. The van der Waals surface area contributed by atoms with Crippen LogP contribution in [0.3, 0.4) is 0 Å². The zero-order valence-corrected chi connectivity index (χ0v) is 13.3. The van der Waals surface area contributed by atoms with Gasteiger partial charge in [0.2, 0.25) is 11.2 Å². The van der Waals surface area contributed by atoms with E-state index in [1.54, 1.807) is 12.1 Å². The van der Waals surface area contributed by atoms with Gasteiger partial charge in [0, 0.05) is 5.56 Å².